The third-order valence-corrected chi connectivity index (χ3v) is 6.27. The quantitative estimate of drug-likeness (QED) is 0.516. The molecule has 1 fully saturated rings. The smallest absolute Gasteiger partial charge is 0.410 e. The first-order valence-corrected chi connectivity index (χ1v) is 13.9. The molecule has 0 bridgehead atoms. The lowest BCUT2D eigenvalue weighted by Gasteiger charge is -2.45. The Morgan fingerprint density at radius 1 is 1.28 bits per heavy atom. The molecule has 0 saturated carbocycles. The van der Waals surface area contributed by atoms with Crippen molar-refractivity contribution in [2.24, 2.45) is 0 Å². The number of benzene rings is 1. The predicted molar refractivity (Wildman–Crippen MR) is 133 cm³/mol. The number of carbonyl (C=O) groups excluding carboxylic acids is 1. The molecule has 1 aromatic carbocycles. The molecule has 0 spiro atoms. The molecule has 1 aromatic heterocycles. The van der Waals surface area contributed by atoms with Gasteiger partial charge in [-0.1, -0.05) is 17.5 Å². The van der Waals surface area contributed by atoms with Gasteiger partial charge >= 0.3 is 6.09 Å². The fourth-order valence-corrected chi connectivity index (χ4v) is 4.48. The van der Waals surface area contributed by atoms with Crippen molar-refractivity contribution in [1.82, 2.24) is 9.88 Å². The highest BCUT2D eigenvalue weighted by atomic mass is 35.5. The van der Waals surface area contributed by atoms with Crippen LogP contribution in [0.2, 0.25) is 5.02 Å². The number of rotatable bonds is 0. The summed E-state index contributed by atoms with van der Waals surface area (Å²) >= 11 is 6.52. The molecule has 8 heteroatoms. The van der Waals surface area contributed by atoms with E-state index in [0.717, 1.165) is 27.9 Å². The second-order valence-electron chi connectivity index (χ2n) is 9.97. The van der Waals surface area contributed by atoms with E-state index in [1.54, 1.807) is 11.1 Å². The number of amides is 1. The van der Waals surface area contributed by atoms with Crippen molar-refractivity contribution in [3.8, 4) is 16.9 Å². The van der Waals surface area contributed by atoms with Crippen LogP contribution in [-0.2, 0) is 4.74 Å². The van der Waals surface area contributed by atoms with E-state index < -0.39 is 15.6 Å². The van der Waals surface area contributed by atoms with Gasteiger partial charge in [0.25, 0.3) is 0 Å². The van der Waals surface area contributed by atoms with Crippen LogP contribution < -0.4 is 9.64 Å². The Labute approximate surface area is 196 Å². The largest absolute Gasteiger partial charge is 0.488 e. The first-order chi connectivity index (χ1) is 14.9. The van der Waals surface area contributed by atoms with Gasteiger partial charge in [-0.25, -0.2) is 4.79 Å². The summed E-state index contributed by atoms with van der Waals surface area (Å²) in [5.41, 5.74) is 2.09. The fraction of sp³-hybridized carbons (Fsp3) is 0.500. The molecule has 0 radical (unpaired) electrons. The van der Waals surface area contributed by atoms with E-state index in [1.165, 1.54) is 0 Å². The fourth-order valence-electron chi connectivity index (χ4n) is 3.86. The van der Waals surface area contributed by atoms with Gasteiger partial charge in [0, 0.05) is 30.6 Å². The Kier molecular flexibility index (Phi) is 5.89. The molecule has 2 aromatic rings. The van der Waals surface area contributed by atoms with Gasteiger partial charge in [0.05, 0.1) is 28.5 Å². The van der Waals surface area contributed by atoms with Gasteiger partial charge in [-0.2, -0.15) is 10.0 Å². The average Bonchev–Trinajstić information content (AvgIpc) is 2.69. The van der Waals surface area contributed by atoms with Gasteiger partial charge in [-0.05, 0) is 56.9 Å². The van der Waals surface area contributed by atoms with Crippen LogP contribution >= 0.6 is 21.6 Å². The van der Waals surface area contributed by atoms with E-state index >= 15 is 0 Å². The number of anilines is 1. The number of fused-ring (bicyclic) bond motifs is 5. The van der Waals surface area contributed by atoms with E-state index in [2.05, 4.69) is 39.8 Å². The normalized spacial score (nSPS) is 18.8. The van der Waals surface area contributed by atoms with Crippen LogP contribution in [0.3, 0.4) is 0 Å². The number of aromatic nitrogens is 1. The maximum Gasteiger partial charge on any atom is 0.410 e. The number of hydrogen-bond acceptors (Lipinski definition) is 5. The van der Waals surface area contributed by atoms with Crippen LogP contribution in [0.5, 0.6) is 5.75 Å². The molecule has 6 nitrogen and oxygen atoms in total. The lowest BCUT2D eigenvalue weighted by molar-refractivity contribution is 0.0195. The Hall–Kier alpha value is -2.30. The van der Waals surface area contributed by atoms with Crippen molar-refractivity contribution < 1.29 is 14.3 Å². The summed E-state index contributed by atoms with van der Waals surface area (Å²) in [5, 5.41) is 4.91. The zero-order valence-electron chi connectivity index (χ0n) is 19.5. The summed E-state index contributed by atoms with van der Waals surface area (Å²) in [4.78, 5) is 21.2. The first kappa shape index (κ1) is 22.9. The lowest BCUT2D eigenvalue weighted by Crippen LogP contribution is -2.59. The molecule has 1 atom stereocenters. The van der Waals surface area contributed by atoms with Crippen molar-refractivity contribution in [3.63, 3.8) is 0 Å². The topological polar surface area (TPSA) is 54.9 Å². The minimum atomic E-state index is -0.976. The summed E-state index contributed by atoms with van der Waals surface area (Å²) in [6, 6.07) is 3.94. The summed E-state index contributed by atoms with van der Waals surface area (Å²) in [5.74, 6) is 4.02. The molecule has 0 N–H and O–H groups in total. The molecule has 4 rings (SSSR count). The van der Waals surface area contributed by atoms with E-state index in [1.807, 2.05) is 32.9 Å². The number of halogens is 1. The van der Waals surface area contributed by atoms with Crippen molar-refractivity contribution in [2.45, 2.75) is 32.4 Å². The Morgan fingerprint density at radius 2 is 2.03 bits per heavy atom. The van der Waals surface area contributed by atoms with Crippen LogP contribution in [0.25, 0.3) is 10.9 Å². The first-order valence-electron chi connectivity index (χ1n) is 10.6. The Bertz CT molecular complexity index is 1130. The monoisotopic (exact) mass is 475 g/mol. The second kappa shape index (κ2) is 8.24. The van der Waals surface area contributed by atoms with E-state index in [4.69, 9.17) is 21.1 Å². The summed E-state index contributed by atoms with van der Waals surface area (Å²) < 4.78 is 11.6. The highest BCUT2D eigenvalue weighted by Crippen LogP contribution is 2.42. The minimum Gasteiger partial charge on any atom is -0.488 e. The molecule has 0 aliphatic carbocycles. The third-order valence-electron chi connectivity index (χ3n) is 5.24. The van der Waals surface area contributed by atoms with Crippen molar-refractivity contribution in [2.75, 3.05) is 49.9 Å². The second-order valence-corrected chi connectivity index (χ2v) is 14.3. The molecule has 172 valence electrons. The lowest BCUT2D eigenvalue weighted by atomic mass is 10.0. The highest BCUT2D eigenvalue weighted by molar-refractivity contribution is 8.35. The van der Waals surface area contributed by atoms with Gasteiger partial charge in [0.1, 0.15) is 12.2 Å². The highest BCUT2D eigenvalue weighted by Gasteiger charge is 2.37. The Morgan fingerprint density at radius 3 is 2.72 bits per heavy atom. The van der Waals surface area contributed by atoms with Gasteiger partial charge < -0.3 is 19.3 Å². The van der Waals surface area contributed by atoms with E-state index in [0.29, 0.717) is 31.3 Å². The zero-order chi connectivity index (χ0) is 23.3. The van der Waals surface area contributed by atoms with Crippen LogP contribution in [-0.4, -0.2) is 72.6 Å². The number of nitrogens with zero attached hydrogens (tertiary/aromatic N) is 3. The minimum absolute atomic E-state index is 0.0404. The third kappa shape index (κ3) is 4.87. The molecule has 1 saturated heterocycles. The SMILES string of the molecule is CC(C)(C)OC(=O)N1CCN2c3c(cnc4cc(Cl)c(C#CS(C)(C)C)cc34)OC[C@H]2C1. The maximum absolute atomic E-state index is 12.6. The molecule has 1 amide bonds. The molecule has 2 aliphatic rings. The summed E-state index contributed by atoms with van der Waals surface area (Å²) in [7, 11) is -0.976. The van der Waals surface area contributed by atoms with E-state index in [-0.39, 0.29) is 12.1 Å². The van der Waals surface area contributed by atoms with Gasteiger partial charge in [0.2, 0.25) is 0 Å². The number of pyridine rings is 1. The molecule has 32 heavy (non-hydrogen) atoms. The van der Waals surface area contributed by atoms with Crippen LogP contribution in [0.15, 0.2) is 18.3 Å². The van der Waals surface area contributed by atoms with Crippen molar-refractivity contribution in [1.29, 1.82) is 0 Å². The molecule has 0 unspecified atom stereocenters. The van der Waals surface area contributed by atoms with Gasteiger partial charge in [-0.15, -0.1) is 0 Å². The number of ether oxygens (including phenoxy) is 2. The molecule has 3 heterocycles. The van der Waals surface area contributed by atoms with Crippen molar-refractivity contribution in [3.05, 3.63) is 28.9 Å². The van der Waals surface area contributed by atoms with Crippen LogP contribution in [0.4, 0.5) is 10.5 Å². The maximum atomic E-state index is 12.6. The summed E-state index contributed by atoms with van der Waals surface area (Å²) in [6.07, 6.45) is 7.94. The van der Waals surface area contributed by atoms with Gasteiger partial charge in [0.15, 0.2) is 5.75 Å². The van der Waals surface area contributed by atoms with Crippen LogP contribution in [0, 0.1) is 11.2 Å². The van der Waals surface area contributed by atoms with Crippen molar-refractivity contribution >= 4 is 44.3 Å². The van der Waals surface area contributed by atoms with E-state index in [9.17, 15) is 4.79 Å². The standard InChI is InChI=1S/C24H30ClN3O3S/c1-24(2,3)31-23(29)27-8-9-28-17(14-27)15-30-21-13-26-20-12-19(25)16(7-10-32(4,5)6)11-18(20)22(21)28/h11-13,17H,8-9,14-15H2,1-6H3/t17-/m1/s1. The predicted octanol–water partition coefficient (Wildman–Crippen LogP) is 4.71. The zero-order valence-corrected chi connectivity index (χ0v) is 21.1. The number of piperazine rings is 1. The average molecular weight is 476 g/mol. The number of hydrogen-bond donors (Lipinski definition) is 0. The number of carbonyl (C=O) groups is 1. The molecular weight excluding hydrogens is 446 g/mol. The Balaban J connectivity index is 1.69. The summed E-state index contributed by atoms with van der Waals surface area (Å²) in [6.45, 7) is 7.96. The molecular formula is C24H30ClN3O3S. The van der Waals surface area contributed by atoms with Gasteiger partial charge in [-0.3, -0.25) is 4.98 Å². The van der Waals surface area contributed by atoms with Crippen LogP contribution in [0.1, 0.15) is 26.3 Å². The molecule has 2 aliphatic heterocycles.